The Morgan fingerprint density at radius 1 is 1.14 bits per heavy atom. The second-order valence-electron chi connectivity index (χ2n) is 4.67. The molecule has 1 N–H and O–H groups in total. The minimum Gasteiger partial charge on any atom is -0.478 e. The average Bonchev–Trinajstić information content (AvgIpc) is 2.90. The highest BCUT2D eigenvalue weighted by atomic mass is 35.5. The number of benzene rings is 1. The van der Waals surface area contributed by atoms with E-state index in [0.29, 0.717) is 0 Å². The molecule has 0 amide bonds. The van der Waals surface area contributed by atoms with E-state index in [0.717, 1.165) is 23.3 Å². The van der Waals surface area contributed by atoms with E-state index in [4.69, 9.17) is 5.11 Å². The maximum absolute atomic E-state index is 11.0. The minimum atomic E-state index is -0.936. The Hall–Kier alpha value is -2.33. The normalized spacial score (nSPS) is 10.3. The fraction of sp³-hybridized carbons (Fsp3) is 0.125. The zero-order chi connectivity index (χ0) is 14.1. The molecule has 0 aliphatic heterocycles. The maximum atomic E-state index is 11.0. The molecule has 0 aliphatic carbocycles. The van der Waals surface area contributed by atoms with Crippen LogP contribution in [0.1, 0.15) is 22.8 Å². The van der Waals surface area contributed by atoms with Crippen LogP contribution in [0.15, 0.2) is 48.8 Å². The predicted octanol–water partition coefficient (Wildman–Crippen LogP) is 3.68. The van der Waals surface area contributed by atoms with Crippen LogP contribution in [0.3, 0.4) is 0 Å². The first kappa shape index (κ1) is 15.1. The van der Waals surface area contributed by atoms with Crippen LogP contribution in [0, 0.1) is 0 Å². The highest BCUT2D eigenvalue weighted by molar-refractivity contribution is 5.87. The molecular formula is C16H15ClN2O2. The molecule has 5 heteroatoms. The lowest BCUT2D eigenvalue weighted by molar-refractivity contribution is 0.0696. The number of halogens is 1. The topological polar surface area (TPSA) is 54.6 Å². The van der Waals surface area contributed by atoms with Crippen molar-refractivity contribution in [2.45, 2.75) is 13.3 Å². The lowest BCUT2D eigenvalue weighted by atomic mass is 10.1. The van der Waals surface area contributed by atoms with Gasteiger partial charge in [-0.2, -0.15) is 0 Å². The van der Waals surface area contributed by atoms with E-state index in [1.165, 1.54) is 5.56 Å². The van der Waals surface area contributed by atoms with Crippen LogP contribution in [0.4, 0.5) is 0 Å². The summed E-state index contributed by atoms with van der Waals surface area (Å²) in [4.78, 5) is 15.5. The van der Waals surface area contributed by atoms with Crippen molar-refractivity contribution in [3.63, 3.8) is 0 Å². The van der Waals surface area contributed by atoms with Gasteiger partial charge in [0.2, 0.25) is 0 Å². The monoisotopic (exact) mass is 302 g/mol. The van der Waals surface area contributed by atoms with Crippen LogP contribution < -0.4 is 0 Å². The van der Waals surface area contributed by atoms with Crippen LogP contribution >= 0.6 is 12.4 Å². The summed E-state index contributed by atoms with van der Waals surface area (Å²) in [5.74, 6) is -0.936. The van der Waals surface area contributed by atoms with Gasteiger partial charge in [0.05, 0.1) is 11.3 Å². The van der Waals surface area contributed by atoms with Crippen molar-refractivity contribution in [3.8, 4) is 11.3 Å². The van der Waals surface area contributed by atoms with Crippen LogP contribution in [-0.4, -0.2) is 20.5 Å². The first-order valence-corrected chi connectivity index (χ1v) is 6.49. The van der Waals surface area contributed by atoms with E-state index in [9.17, 15) is 4.79 Å². The summed E-state index contributed by atoms with van der Waals surface area (Å²) in [5.41, 5.74) is 4.15. The lowest BCUT2D eigenvalue weighted by Gasteiger charge is -1.98. The van der Waals surface area contributed by atoms with Crippen molar-refractivity contribution < 1.29 is 9.90 Å². The van der Waals surface area contributed by atoms with Gasteiger partial charge in [-0.1, -0.05) is 31.2 Å². The Bertz CT molecular complexity index is 779. The molecule has 0 radical (unpaired) electrons. The molecule has 2 aromatic heterocycles. The van der Waals surface area contributed by atoms with Gasteiger partial charge in [-0.25, -0.2) is 9.78 Å². The molecule has 3 aromatic rings. The summed E-state index contributed by atoms with van der Waals surface area (Å²) in [6.45, 7) is 2.12. The van der Waals surface area contributed by atoms with Gasteiger partial charge in [0.15, 0.2) is 0 Å². The molecule has 0 unspecified atom stereocenters. The molecule has 3 rings (SSSR count). The van der Waals surface area contributed by atoms with Crippen LogP contribution in [0.25, 0.3) is 16.9 Å². The van der Waals surface area contributed by atoms with Gasteiger partial charge >= 0.3 is 5.97 Å². The SMILES string of the molecule is CCc1ccc(-c2cn3cc(C(=O)O)ccc3n2)cc1.Cl. The molecule has 1 aromatic carbocycles. The standard InChI is InChI=1S/C16H14N2O2.ClH/c1-2-11-3-5-12(6-4-11)14-10-18-9-13(16(19)20)7-8-15(18)17-14;/h3-10H,2H2,1H3,(H,19,20);1H. The number of aryl methyl sites for hydroxylation is 1. The number of imidazole rings is 1. The van der Waals surface area contributed by atoms with Crippen molar-refractivity contribution in [1.82, 2.24) is 9.38 Å². The Morgan fingerprint density at radius 3 is 2.48 bits per heavy atom. The van der Waals surface area contributed by atoms with E-state index >= 15 is 0 Å². The third-order valence-corrected chi connectivity index (χ3v) is 3.36. The molecule has 0 saturated carbocycles. The smallest absolute Gasteiger partial charge is 0.337 e. The quantitative estimate of drug-likeness (QED) is 0.803. The molecule has 0 fully saturated rings. The van der Waals surface area contributed by atoms with Gasteiger partial charge in [-0.05, 0) is 24.1 Å². The summed E-state index contributed by atoms with van der Waals surface area (Å²) < 4.78 is 1.74. The third-order valence-electron chi connectivity index (χ3n) is 3.36. The molecule has 0 saturated heterocycles. The van der Waals surface area contributed by atoms with E-state index in [-0.39, 0.29) is 18.0 Å². The Kier molecular flexibility index (Phi) is 4.29. The second kappa shape index (κ2) is 5.97. The van der Waals surface area contributed by atoms with E-state index in [2.05, 4.69) is 24.0 Å². The van der Waals surface area contributed by atoms with Crippen molar-refractivity contribution in [3.05, 3.63) is 59.9 Å². The Morgan fingerprint density at radius 2 is 1.86 bits per heavy atom. The zero-order valence-electron chi connectivity index (χ0n) is 11.5. The number of rotatable bonds is 3. The van der Waals surface area contributed by atoms with Gasteiger partial charge in [-0.15, -0.1) is 12.4 Å². The number of aromatic nitrogens is 2. The first-order valence-electron chi connectivity index (χ1n) is 6.49. The maximum Gasteiger partial charge on any atom is 0.337 e. The first-order chi connectivity index (χ1) is 9.67. The molecule has 21 heavy (non-hydrogen) atoms. The molecule has 0 spiro atoms. The molecule has 0 bridgehead atoms. The average molecular weight is 303 g/mol. The van der Waals surface area contributed by atoms with E-state index in [1.807, 2.05) is 18.3 Å². The number of fused-ring (bicyclic) bond motifs is 1. The van der Waals surface area contributed by atoms with Crippen LogP contribution in [0.5, 0.6) is 0 Å². The number of nitrogens with zero attached hydrogens (tertiary/aromatic N) is 2. The number of carbonyl (C=O) groups is 1. The van der Waals surface area contributed by atoms with E-state index < -0.39 is 5.97 Å². The van der Waals surface area contributed by atoms with Crippen LogP contribution in [-0.2, 0) is 6.42 Å². The highest BCUT2D eigenvalue weighted by Gasteiger charge is 2.07. The van der Waals surface area contributed by atoms with Crippen molar-refractivity contribution >= 4 is 24.0 Å². The van der Waals surface area contributed by atoms with Crippen molar-refractivity contribution in [2.75, 3.05) is 0 Å². The summed E-state index contributed by atoms with van der Waals surface area (Å²) in [7, 11) is 0. The lowest BCUT2D eigenvalue weighted by Crippen LogP contribution is -1.97. The fourth-order valence-electron chi connectivity index (χ4n) is 2.17. The number of aromatic carboxylic acids is 1. The summed E-state index contributed by atoms with van der Waals surface area (Å²) in [5, 5.41) is 8.99. The van der Waals surface area contributed by atoms with Gasteiger partial charge < -0.3 is 9.51 Å². The highest BCUT2D eigenvalue weighted by Crippen LogP contribution is 2.20. The third kappa shape index (κ3) is 2.90. The van der Waals surface area contributed by atoms with E-state index in [1.54, 1.807) is 22.7 Å². The van der Waals surface area contributed by atoms with Gasteiger partial charge in [0.1, 0.15) is 5.65 Å². The number of hydrogen-bond donors (Lipinski definition) is 1. The van der Waals surface area contributed by atoms with Gasteiger partial charge in [0.25, 0.3) is 0 Å². The molecule has 0 atom stereocenters. The predicted molar refractivity (Wildman–Crippen MR) is 84.2 cm³/mol. The number of carboxylic acids is 1. The number of carboxylic acid groups (broad SMARTS) is 1. The number of pyridine rings is 1. The van der Waals surface area contributed by atoms with Crippen molar-refractivity contribution in [1.29, 1.82) is 0 Å². The second-order valence-corrected chi connectivity index (χ2v) is 4.67. The summed E-state index contributed by atoms with van der Waals surface area (Å²) >= 11 is 0. The Balaban J connectivity index is 0.00000161. The Labute approximate surface area is 128 Å². The van der Waals surface area contributed by atoms with Crippen LogP contribution in [0.2, 0.25) is 0 Å². The van der Waals surface area contributed by atoms with Gasteiger partial charge in [0, 0.05) is 18.0 Å². The zero-order valence-corrected chi connectivity index (χ0v) is 12.3. The molecule has 0 aliphatic rings. The molecular weight excluding hydrogens is 288 g/mol. The molecule has 2 heterocycles. The fourth-order valence-corrected chi connectivity index (χ4v) is 2.17. The molecule has 108 valence electrons. The summed E-state index contributed by atoms with van der Waals surface area (Å²) in [6.07, 6.45) is 4.44. The number of hydrogen-bond acceptors (Lipinski definition) is 2. The minimum absolute atomic E-state index is 0. The summed E-state index contributed by atoms with van der Waals surface area (Å²) in [6, 6.07) is 11.5. The molecule has 4 nitrogen and oxygen atoms in total. The largest absolute Gasteiger partial charge is 0.478 e. The van der Waals surface area contributed by atoms with Crippen molar-refractivity contribution in [2.24, 2.45) is 0 Å². The van der Waals surface area contributed by atoms with Gasteiger partial charge in [-0.3, -0.25) is 0 Å².